The first-order valence-corrected chi connectivity index (χ1v) is 8.13. The third-order valence-corrected chi connectivity index (χ3v) is 4.26. The van der Waals surface area contributed by atoms with Crippen molar-refractivity contribution in [3.05, 3.63) is 48.2 Å². The molecule has 25 heavy (non-hydrogen) atoms. The lowest BCUT2D eigenvalue weighted by molar-refractivity contribution is -0.119. The molecule has 0 bridgehead atoms. The molecule has 0 aliphatic rings. The van der Waals surface area contributed by atoms with Gasteiger partial charge in [0.2, 0.25) is 5.91 Å². The third kappa shape index (κ3) is 3.91. The molecule has 0 saturated heterocycles. The van der Waals surface area contributed by atoms with Gasteiger partial charge in [0.15, 0.2) is 5.65 Å². The zero-order chi connectivity index (χ0) is 17.8. The molecular formula is C15H13FN6O2S. The van der Waals surface area contributed by atoms with Gasteiger partial charge in [-0.25, -0.2) is 14.4 Å². The summed E-state index contributed by atoms with van der Waals surface area (Å²) in [6.45, 7) is 0. The highest BCUT2D eigenvalue weighted by molar-refractivity contribution is 8.00. The van der Waals surface area contributed by atoms with Crippen LogP contribution in [0.1, 0.15) is 10.4 Å². The lowest BCUT2D eigenvalue weighted by atomic mass is 10.2. The molecule has 10 heteroatoms. The number of hydrogen-bond acceptors (Lipinski definition) is 6. The number of nitrogens with zero attached hydrogens (tertiary/aromatic N) is 4. The molecule has 0 aliphatic heterocycles. The number of rotatable bonds is 4. The van der Waals surface area contributed by atoms with E-state index in [2.05, 4.69) is 25.9 Å². The maximum absolute atomic E-state index is 12.8. The summed E-state index contributed by atoms with van der Waals surface area (Å²) in [4.78, 5) is 32.0. The van der Waals surface area contributed by atoms with Gasteiger partial charge >= 0.3 is 0 Å². The molecule has 0 radical (unpaired) electrons. The highest BCUT2D eigenvalue weighted by atomic mass is 32.2. The number of carbonyl (C=O) groups excluding carboxylic acids is 2. The predicted molar refractivity (Wildman–Crippen MR) is 89.0 cm³/mol. The average Bonchev–Trinajstić information content (AvgIpc) is 3.00. The van der Waals surface area contributed by atoms with Gasteiger partial charge in [0.05, 0.1) is 17.3 Å². The molecule has 0 spiro atoms. The minimum absolute atomic E-state index is 0.0463. The Balaban J connectivity index is 1.54. The standard InChI is InChI=1S/C15H13FN6O2S/c1-22-13-11(6-19-22)15(18-8-17-13)25-7-12(23)20-21-14(24)9-2-4-10(16)5-3-9/h2-6,8H,7H2,1H3,(H,20,23)(H,21,24). The molecule has 2 amide bonds. The second-order valence-electron chi connectivity index (χ2n) is 4.98. The maximum atomic E-state index is 12.8. The zero-order valence-electron chi connectivity index (χ0n) is 13.1. The number of nitrogens with one attached hydrogen (secondary N) is 2. The fourth-order valence-corrected chi connectivity index (χ4v) is 2.79. The third-order valence-electron chi connectivity index (χ3n) is 3.25. The topological polar surface area (TPSA) is 102 Å². The number of hydrazine groups is 1. The second kappa shape index (κ2) is 7.26. The summed E-state index contributed by atoms with van der Waals surface area (Å²) in [6, 6.07) is 4.98. The van der Waals surface area contributed by atoms with Crippen LogP contribution in [-0.2, 0) is 11.8 Å². The quantitative estimate of drug-likeness (QED) is 0.410. The maximum Gasteiger partial charge on any atom is 0.269 e. The molecule has 0 saturated carbocycles. The van der Waals surface area contributed by atoms with Crippen molar-refractivity contribution in [1.82, 2.24) is 30.6 Å². The number of aryl methyl sites for hydroxylation is 1. The Morgan fingerprint density at radius 1 is 1.20 bits per heavy atom. The first-order valence-electron chi connectivity index (χ1n) is 7.15. The van der Waals surface area contributed by atoms with Crippen molar-refractivity contribution in [2.24, 2.45) is 7.05 Å². The van der Waals surface area contributed by atoms with E-state index in [0.717, 1.165) is 5.39 Å². The van der Waals surface area contributed by atoms with E-state index in [-0.39, 0.29) is 11.3 Å². The van der Waals surface area contributed by atoms with Crippen LogP contribution in [0.15, 0.2) is 41.8 Å². The lowest BCUT2D eigenvalue weighted by Crippen LogP contribution is -2.42. The van der Waals surface area contributed by atoms with Crippen LogP contribution in [0.5, 0.6) is 0 Å². The van der Waals surface area contributed by atoms with Crippen molar-refractivity contribution < 1.29 is 14.0 Å². The summed E-state index contributed by atoms with van der Waals surface area (Å²) in [6.07, 6.45) is 3.03. The molecule has 0 unspecified atom stereocenters. The van der Waals surface area contributed by atoms with Crippen molar-refractivity contribution in [2.45, 2.75) is 5.03 Å². The fourth-order valence-electron chi connectivity index (χ4n) is 2.03. The molecule has 2 aromatic heterocycles. The minimum atomic E-state index is -0.532. The van der Waals surface area contributed by atoms with Crippen LogP contribution < -0.4 is 10.9 Å². The van der Waals surface area contributed by atoms with Crippen molar-refractivity contribution in [3.8, 4) is 0 Å². The highest BCUT2D eigenvalue weighted by Gasteiger charge is 2.11. The Bertz CT molecular complexity index is 927. The van der Waals surface area contributed by atoms with E-state index >= 15 is 0 Å². The molecule has 2 heterocycles. The molecule has 2 N–H and O–H groups in total. The molecule has 0 fully saturated rings. The molecule has 3 aromatic rings. The van der Waals surface area contributed by atoms with E-state index in [4.69, 9.17) is 0 Å². The fraction of sp³-hybridized carbons (Fsp3) is 0.133. The van der Waals surface area contributed by atoms with Gasteiger partial charge in [-0.2, -0.15) is 5.10 Å². The SMILES string of the molecule is Cn1ncc2c(SCC(=O)NNC(=O)c3ccc(F)cc3)ncnc21. The molecule has 1 aromatic carbocycles. The van der Waals surface area contributed by atoms with Crippen LogP contribution in [0.2, 0.25) is 0 Å². The molecule has 3 rings (SSSR count). The number of thioether (sulfide) groups is 1. The summed E-state index contributed by atoms with van der Waals surface area (Å²) in [7, 11) is 1.77. The number of halogens is 1. The van der Waals surface area contributed by atoms with E-state index < -0.39 is 17.6 Å². The van der Waals surface area contributed by atoms with Crippen molar-refractivity contribution in [2.75, 3.05) is 5.75 Å². The van der Waals surface area contributed by atoms with Gasteiger partial charge in [-0.05, 0) is 24.3 Å². The monoisotopic (exact) mass is 360 g/mol. The predicted octanol–water partition coefficient (Wildman–Crippen LogP) is 1.06. The van der Waals surface area contributed by atoms with Crippen LogP contribution in [0.3, 0.4) is 0 Å². The summed E-state index contributed by atoms with van der Waals surface area (Å²) in [5.41, 5.74) is 5.48. The highest BCUT2D eigenvalue weighted by Crippen LogP contribution is 2.23. The number of hydrogen-bond donors (Lipinski definition) is 2. The van der Waals surface area contributed by atoms with Gasteiger partial charge in [0.25, 0.3) is 5.91 Å². The minimum Gasteiger partial charge on any atom is -0.272 e. The molecule has 0 atom stereocenters. The summed E-state index contributed by atoms with van der Waals surface area (Å²) in [5, 5.41) is 5.47. The largest absolute Gasteiger partial charge is 0.272 e. The molecule has 0 aliphatic carbocycles. The Morgan fingerprint density at radius 3 is 2.72 bits per heavy atom. The van der Waals surface area contributed by atoms with E-state index in [0.29, 0.717) is 10.7 Å². The molecule has 128 valence electrons. The summed E-state index contributed by atoms with van der Waals surface area (Å²) in [5.74, 6) is -1.33. The van der Waals surface area contributed by atoms with Gasteiger partial charge in [0, 0.05) is 12.6 Å². The Hall–Kier alpha value is -3.01. The smallest absolute Gasteiger partial charge is 0.269 e. The van der Waals surface area contributed by atoms with E-state index in [1.807, 2.05) is 0 Å². The summed E-state index contributed by atoms with van der Waals surface area (Å²) >= 11 is 1.20. The van der Waals surface area contributed by atoms with Crippen molar-refractivity contribution in [1.29, 1.82) is 0 Å². The van der Waals surface area contributed by atoms with E-state index in [9.17, 15) is 14.0 Å². The van der Waals surface area contributed by atoms with Gasteiger partial charge in [-0.1, -0.05) is 11.8 Å². The number of aromatic nitrogens is 4. The number of fused-ring (bicyclic) bond motifs is 1. The van der Waals surface area contributed by atoms with E-state index in [1.165, 1.54) is 42.4 Å². The van der Waals surface area contributed by atoms with Crippen LogP contribution in [0.25, 0.3) is 11.0 Å². The van der Waals surface area contributed by atoms with Gasteiger partial charge in [0.1, 0.15) is 17.2 Å². The first kappa shape index (κ1) is 16.8. The second-order valence-corrected chi connectivity index (χ2v) is 5.95. The van der Waals surface area contributed by atoms with Gasteiger partial charge in [-0.15, -0.1) is 0 Å². The Labute approximate surface area is 145 Å². The Kier molecular flexibility index (Phi) is 4.89. The number of carbonyl (C=O) groups is 2. The van der Waals surface area contributed by atoms with Crippen LogP contribution in [-0.4, -0.2) is 37.3 Å². The van der Waals surface area contributed by atoms with Gasteiger partial charge < -0.3 is 0 Å². The Morgan fingerprint density at radius 2 is 1.96 bits per heavy atom. The van der Waals surface area contributed by atoms with E-state index in [1.54, 1.807) is 17.9 Å². The van der Waals surface area contributed by atoms with Crippen LogP contribution in [0, 0.1) is 5.82 Å². The average molecular weight is 360 g/mol. The molecular weight excluding hydrogens is 347 g/mol. The number of benzene rings is 1. The zero-order valence-corrected chi connectivity index (χ0v) is 13.9. The first-order chi connectivity index (χ1) is 12.0. The molecule has 8 nitrogen and oxygen atoms in total. The van der Waals surface area contributed by atoms with Crippen LogP contribution in [0.4, 0.5) is 4.39 Å². The van der Waals surface area contributed by atoms with Crippen molar-refractivity contribution >= 4 is 34.6 Å². The van der Waals surface area contributed by atoms with Gasteiger partial charge in [-0.3, -0.25) is 25.1 Å². The number of amides is 2. The summed E-state index contributed by atoms with van der Waals surface area (Å²) < 4.78 is 14.4. The van der Waals surface area contributed by atoms with Crippen molar-refractivity contribution in [3.63, 3.8) is 0 Å². The van der Waals surface area contributed by atoms with Crippen LogP contribution >= 0.6 is 11.8 Å². The lowest BCUT2D eigenvalue weighted by Gasteiger charge is -2.07. The normalized spacial score (nSPS) is 10.6.